The zero-order valence-electron chi connectivity index (χ0n) is 6.91. The summed E-state index contributed by atoms with van der Waals surface area (Å²) in [7, 11) is 0. The predicted octanol–water partition coefficient (Wildman–Crippen LogP) is 2.03. The number of nitrogens with two attached hydrogens (primary N) is 1. The Morgan fingerprint density at radius 3 is 2.57 bits per heavy atom. The van der Waals surface area contributed by atoms with Gasteiger partial charge >= 0.3 is 6.18 Å². The van der Waals surface area contributed by atoms with Crippen LogP contribution >= 0.6 is 12.4 Å². The minimum Gasteiger partial charge on any atom is -0.467 e. The van der Waals surface area contributed by atoms with Crippen LogP contribution in [0.2, 0.25) is 0 Å². The van der Waals surface area contributed by atoms with Gasteiger partial charge in [-0.05, 0) is 12.1 Å². The van der Waals surface area contributed by atoms with Gasteiger partial charge in [0.05, 0.1) is 5.69 Å². The lowest BCUT2D eigenvalue weighted by atomic mass is 10.4. The Kier molecular flexibility index (Phi) is 4.49. The van der Waals surface area contributed by atoms with Gasteiger partial charge in [-0.1, -0.05) is 0 Å². The van der Waals surface area contributed by atoms with Gasteiger partial charge in [-0.15, -0.1) is 12.4 Å². The van der Waals surface area contributed by atoms with Crippen LogP contribution in [-0.4, -0.2) is 17.8 Å². The average Bonchev–Trinajstić information content (AvgIpc) is 2.01. The van der Waals surface area contributed by atoms with Gasteiger partial charge in [0.1, 0.15) is 0 Å². The molecule has 0 aliphatic carbocycles. The molecule has 14 heavy (non-hydrogen) atoms. The highest BCUT2D eigenvalue weighted by atomic mass is 35.5. The highest BCUT2D eigenvalue weighted by molar-refractivity contribution is 5.85. The van der Waals surface area contributed by atoms with Gasteiger partial charge in [-0.3, -0.25) is 0 Å². The average molecular weight is 229 g/mol. The molecule has 0 unspecified atom stereocenters. The number of nitrogen functional groups attached to an aromatic ring is 1. The third kappa shape index (κ3) is 4.18. The number of rotatable bonds is 2. The molecule has 0 aliphatic rings. The van der Waals surface area contributed by atoms with Crippen molar-refractivity contribution in [2.75, 3.05) is 12.3 Å². The molecule has 0 aliphatic heterocycles. The Morgan fingerprint density at radius 2 is 2.07 bits per heavy atom. The highest BCUT2D eigenvalue weighted by Gasteiger charge is 2.28. The molecule has 1 aromatic heterocycles. The number of halogens is 4. The van der Waals surface area contributed by atoms with Crippen LogP contribution in [0.3, 0.4) is 0 Å². The number of anilines is 1. The fourth-order valence-electron chi connectivity index (χ4n) is 0.674. The van der Waals surface area contributed by atoms with Crippen LogP contribution in [0.15, 0.2) is 18.3 Å². The highest BCUT2D eigenvalue weighted by Crippen LogP contribution is 2.20. The van der Waals surface area contributed by atoms with E-state index in [-0.39, 0.29) is 24.0 Å². The Balaban J connectivity index is 0.00000169. The third-order valence-electron chi connectivity index (χ3n) is 1.17. The molecule has 7 heteroatoms. The number of nitrogens with zero attached hydrogens (tertiary/aromatic N) is 1. The van der Waals surface area contributed by atoms with Gasteiger partial charge in [-0.2, -0.15) is 13.2 Å². The van der Waals surface area contributed by atoms with Crippen molar-refractivity contribution in [1.82, 2.24) is 4.98 Å². The molecule has 0 atom stereocenters. The predicted molar refractivity (Wildman–Crippen MR) is 47.4 cm³/mol. The molecule has 0 aromatic carbocycles. The minimum atomic E-state index is -4.37. The van der Waals surface area contributed by atoms with Gasteiger partial charge in [-0.25, -0.2) is 4.98 Å². The van der Waals surface area contributed by atoms with Gasteiger partial charge in [0.25, 0.3) is 0 Å². The molecule has 0 saturated carbocycles. The molecule has 80 valence electrons. The SMILES string of the molecule is Cl.Nc1cccnc1OCC(F)(F)F. The van der Waals surface area contributed by atoms with E-state index in [0.29, 0.717) is 0 Å². The van der Waals surface area contributed by atoms with E-state index in [1.54, 1.807) is 0 Å². The van der Waals surface area contributed by atoms with Gasteiger partial charge in [0, 0.05) is 6.20 Å². The summed E-state index contributed by atoms with van der Waals surface area (Å²) in [4.78, 5) is 3.53. The standard InChI is InChI=1S/C7H7F3N2O.ClH/c8-7(9,10)4-13-6-5(11)2-1-3-12-6;/h1-3H,4,11H2;1H. The summed E-state index contributed by atoms with van der Waals surface area (Å²) in [6, 6.07) is 2.93. The molecular formula is C7H8ClF3N2O. The van der Waals surface area contributed by atoms with Crippen LogP contribution in [0.25, 0.3) is 0 Å². The minimum absolute atomic E-state index is 0. The molecule has 0 amide bonds. The second kappa shape index (κ2) is 4.90. The number of hydrogen-bond donors (Lipinski definition) is 1. The van der Waals surface area contributed by atoms with Crippen molar-refractivity contribution < 1.29 is 17.9 Å². The monoisotopic (exact) mass is 228 g/mol. The van der Waals surface area contributed by atoms with Crippen LogP contribution in [-0.2, 0) is 0 Å². The molecule has 1 aromatic rings. The lowest BCUT2D eigenvalue weighted by Crippen LogP contribution is -2.20. The number of pyridine rings is 1. The first-order chi connectivity index (χ1) is 5.99. The second-order valence-corrected chi connectivity index (χ2v) is 2.30. The summed E-state index contributed by atoms with van der Waals surface area (Å²) in [5.74, 6) is -0.195. The van der Waals surface area contributed by atoms with E-state index in [1.807, 2.05) is 0 Å². The van der Waals surface area contributed by atoms with Crippen LogP contribution in [0.1, 0.15) is 0 Å². The van der Waals surface area contributed by atoms with E-state index >= 15 is 0 Å². The summed E-state index contributed by atoms with van der Waals surface area (Å²) in [5, 5.41) is 0. The van der Waals surface area contributed by atoms with E-state index in [1.165, 1.54) is 18.3 Å². The van der Waals surface area contributed by atoms with Gasteiger partial charge in [0.15, 0.2) is 6.61 Å². The molecule has 3 nitrogen and oxygen atoms in total. The lowest BCUT2D eigenvalue weighted by Gasteiger charge is -2.09. The quantitative estimate of drug-likeness (QED) is 0.843. The number of alkyl halides is 3. The Bertz CT molecular complexity index is 293. The summed E-state index contributed by atoms with van der Waals surface area (Å²) >= 11 is 0. The summed E-state index contributed by atoms with van der Waals surface area (Å²) in [5.41, 5.74) is 5.38. The first-order valence-corrected chi connectivity index (χ1v) is 3.39. The van der Waals surface area contributed by atoms with Crippen molar-refractivity contribution in [2.24, 2.45) is 0 Å². The Hall–Kier alpha value is -1.17. The molecule has 2 N–H and O–H groups in total. The topological polar surface area (TPSA) is 48.1 Å². The molecular weight excluding hydrogens is 221 g/mol. The van der Waals surface area contributed by atoms with Crippen molar-refractivity contribution in [1.29, 1.82) is 0 Å². The van der Waals surface area contributed by atoms with Gasteiger partial charge in [0.2, 0.25) is 5.88 Å². The van der Waals surface area contributed by atoms with Crippen LogP contribution in [0.5, 0.6) is 5.88 Å². The molecule has 1 rings (SSSR count). The van der Waals surface area contributed by atoms with Crippen molar-refractivity contribution >= 4 is 18.1 Å². The smallest absolute Gasteiger partial charge is 0.422 e. The maximum Gasteiger partial charge on any atom is 0.422 e. The number of hydrogen-bond acceptors (Lipinski definition) is 3. The van der Waals surface area contributed by atoms with Crippen molar-refractivity contribution in [3.05, 3.63) is 18.3 Å². The third-order valence-corrected chi connectivity index (χ3v) is 1.17. The second-order valence-electron chi connectivity index (χ2n) is 2.30. The van der Waals surface area contributed by atoms with Crippen molar-refractivity contribution in [3.63, 3.8) is 0 Å². The zero-order chi connectivity index (χ0) is 9.90. The van der Waals surface area contributed by atoms with E-state index < -0.39 is 12.8 Å². The molecule has 0 spiro atoms. The fraction of sp³-hybridized carbons (Fsp3) is 0.286. The maximum absolute atomic E-state index is 11.7. The Labute approximate surface area is 84.5 Å². The van der Waals surface area contributed by atoms with Crippen LogP contribution in [0, 0.1) is 0 Å². The number of ether oxygens (including phenoxy) is 1. The Morgan fingerprint density at radius 1 is 1.43 bits per heavy atom. The normalized spacial score (nSPS) is 10.5. The maximum atomic E-state index is 11.7. The van der Waals surface area contributed by atoms with E-state index in [0.717, 1.165) is 0 Å². The summed E-state index contributed by atoms with van der Waals surface area (Å²) in [6.45, 7) is -1.38. The first kappa shape index (κ1) is 12.8. The van der Waals surface area contributed by atoms with E-state index in [2.05, 4.69) is 9.72 Å². The van der Waals surface area contributed by atoms with E-state index in [4.69, 9.17) is 5.73 Å². The van der Waals surface area contributed by atoms with Crippen LogP contribution < -0.4 is 10.5 Å². The number of aromatic nitrogens is 1. The molecule has 0 radical (unpaired) electrons. The molecule has 0 bridgehead atoms. The van der Waals surface area contributed by atoms with Crippen molar-refractivity contribution in [2.45, 2.75) is 6.18 Å². The zero-order valence-corrected chi connectivity index (χ0v) is 7.73. The first-order valence-electron chi connectivity index (χ1n) is 3.39. The summed E-state index contributed by atoms with van der Waals surface area (Å²) in [6.07, 6.45) is -3.06. The molecule has 0 fully saturated rings. The van der Waals surface area contributed by atoms with Gasteiger partial charge < -0.3 is 10.5 Å². The lowest BCUT2D eigenvalue weighted by molar-refractivity contribution is -0.153. The van der Waals surface area contributed by atoms with Crippen molar-refractivity contribution in [3.8, 4) is 5.88 Å². The molecule has 0 saturated heterocycles. The summed E-state index contributed by atoms with van der Waals surface area (Å²) < 4.78 is 39.4. The molecule has 1 heterocycles. The largest absolute Gasteiger partial charge is 0.467 e. The fourth-order valence-corrected chi connectivity index (χ4v) is 0.674. The van der Waals surface area contributed by atoms with E-state index in [9.17, 15) is 13.2 Å². The van der Waals surface area contributed by atoms with Crippen LogP contribution in [0.4, 0.5) is 18.9 Å².